The van der Waals surface area contributed by atoms with Gasteiger partial charge in [0.1, 0.15) is 5.75 Å². The van der Waals surface area contributed by atoms with Gasteiger partial charge in [-0.1, -0.05) is 31.2 Å². The largest absolute Gasteiger partial charge is 0.494 e. The first-order valence-corrected chi connectivity index (χ1v) is 10.6. The average molecular weight is 368 g/mol. The van der Waals surface area contributed by atoms with Crippen LogP contribution < -0.4 is 4.74 Å². The van der Waals surface area contributed by atoms with Crippen LogP contribution in [0, 0.1) is 5.92 Å². The van der Waals surface area contributed by atoms with Gasteiger partial charge in [0.05, 0.1) is 13.2 Å². The zero-order valence-corrected chi connectivity index (χ0v) is 15.7. The molecule has 0 amide bonds. The van der Waals surface area contributed by atoms with E-state index in [4.69, 9.17) is 14.5 Å². The van der Waals surface area contributed by atoms with E-state index in [9.17, 15) is 4.57 Å². The topological polar surface area (TPSA) is 76.0 Å². The van der Waals surface area contributed by atoms with Gasteiger partial charge in [-0.15, -0.1) is 0 Å². The van der Waals surface area contributed by atoms with E-state index in [-0.39, 0.29) is 12.5 Å². The van der Waals surface area contributed by atoms with Crippen LogP contribution >= 0.6 is 7.82 Å². The third-order valence-electron chi connectivity index (χ3n) is 4.56. The predicted molar refractivity (Wildman–Crippen MR) is 98.7 cm³/mol. The van der Waals surface area contributed by atoms with Crippen molar-refractivity contribution in [3.63, 3.8) is 0 Å². The summed E-state index contributed by atoms with van der Waals surface area (Å²) in [6, 6.07) is 8.22. The predicted octanol–water partition coefficient (Wildman–Crippen LogP) is 4.80. The van der Waals surface area contributed by atoms with Gasteiger partial charge in [-0.3, -0.25) is 4.52 Å². The van der Waals surface area contributed by atoms with Crippen molar-refractivity contribution in [2.75, 3.05) is 13.2 Å². The molecule has 0 saturated heterocycles. The SMILES string of the molecule is CC/C=C\CCCOc1ccc([C@@H]2CC[C@H](COP(=O)(O)O)C2)cc1. The minimum absolute atomic E-state index is 0.133. The van der Waals surface area contributed by atoms with Crippen LogP contribution in [0.5, 0.6) is 5.75 Å². The summed E-state index contributed by atoms with van der Waals surface area (Å²) in [6.45, 7) is 2.98. The van der Waals surface area contributed by atoms with Crippen molar-refractivity contribution in [2.24, 2.45) is 5.92 Å². The fourth-order valence-electron chi connectivity index (χ4n) is 3.24. The molecule has 1 saturated carbocycles. The van der Waals surface area contributed by atoms with Crippen molar-refractivity contribution < 1.29 is 23.6 Å². The molecule has 25 heavy (non-hydrogen) atoms. The van der Waals surface area contributed by atoms with Gasteiger partial charge in [-0.25, -0.2) is 4.57 Å². The molecule has 140 valence electrons. The third-order valence-corrected chi connectivity index (χ3v) is 5.04. The quantitative estimate of drug-likeness (QED) is 0.352. The average Bonchev–Trinajstić information content (AvgIpc) is 3.05. The van der Waals surface area contributed by atoms with Crippen LogP contribution in [0.25, 0.3) is 0 Å². The van der Waals surface area contributed by atoms with E-state index in [1.807, 2.05) is 12.1 Å². The van der Waals surface area contributed by atoms with Gasteiger partial charge in [-0.05, 0) is 68.1 Å². The molecule has 0 spiro atoms. The zero-order chi connectivity index (χ0) is 18.1. The Bertz CT molecular complexity index is 578. The smallest absolute Gasteiger partial charge is 0.469 e. The summed E-state index contributed by atoms with van der Waals surface area (Å²) in [5.41, 5.74) is 1.26. The number of hydrogen-bond donors (Lipinski definition) is 2. The molecule has 0 bridgehead atoms. The molecular weight excluding hydrogens is 339 g/mol. The lowest BCUT2D eigenvalue weighted by molar-refractivity contribution is 0.168. The number of unbranched alkanes of at least 4 members (excludes halogenated alkanes) is 1. The molecule has 1 aromatic carbocycles. The first-order valence-electron chi connectivity index (χ1n) is 9.05. The van der Waals surface area contributed by atoms with Crippen LogP contribution in [0.4, 0.5) is 0 Å². The van der Waals surface area contributed by atoms with E-state index >= 15 is 0 Å². The molecule has 6 heteroatoms. The van der Waals surface area contributed by atoms with Gasteiger partial charge in [0.25, 0.3) is 0 Å². The second-order valence-electron chi connectivity index (χ2n) is 6.60. The first kappa shape index (κ1) is 20.2. The van der Waals surface area contributed by atoms with Crippen molar-refractivity contribution in [2.45, 2.75) is 51.4 Å². The summed E-state index contributed by atoms with van der Waals surface area (Å²) in [4.78, 5) is 17.6. The van der Waals surface area contributed by atoms with Gasteiger partial charge in [0.2, 0.25) is 0 Å². The highest BCUT2D eigenvalue weighted by atomic mass is 31.2. The molecule has 0 unspecified atom stereocenters. The Labute approximate surface area is 150 Å². The van der Waals surface area contributed by atoms with E-state index < -0.39 is 7.82 Å². The van der Waals surface area contributed by atoms with Crippen molar-refractivity contribution in [1.29, 1.82) is 0 Å². The van der Waals surface area contributed by atoms with Crippen LogP contribution in [0.3, 0.4) is 0 Å². The highest BCUT2D eigenvalue weighted by Gasteiger charge is 2.28. The van der Waals surface area contributed by atoms with E-state index in [1.54, 1.807) is 0 Å². The fraction of sp³-hybridized carbons (Fsp3) is 0.579. The maximum atomic E-state index is 10.8. The molecule has 2 rings (SSSR count). The monoisotopic (exact) mass is 368 g/mol. The van der Waals surface area contributed by atoms with Crippen molar-refractivity contribution >= 4 is 7.82 Å². The summed E-state index contributed by atoms with van der Waals surface area (Å²) < 4.78 is 21.2. The summed E-state index contributed by atoms with van der Waals surface area (Å²) in [6.07, 6.45) is 10.4. The van der Waals surface area contributed by atoms with Crippen molar-refractivity contribution in [3.8, 4) is 5.75 Å². The second-order valence-corrected chi connectivity index (χ2v) is 7.84. The molecule has 1 aliphatic rings. The number of phosphoric ester groups is 1. The summed E-state index contributed by atoms with van der Waals surface area (Å²) >= 11 is 0. The van der Waals surface area contributed by atoms with E-state index in [0.717, 1.165) is 50.9 Å². The van der Waals surface area contributed by atoms with Gasteiger partial charge in [-0.2, -0.15) is 0 Å². The van der Waals surface area contributed by atoms with Crippen LogP contribution in [-0.2, 0) is 9.09 Å². The molecule has 5 nitrogen and oxygen atoms in total. The van der Waals surface area contributed by atoms with Crippen LogP contribution in [0.15, 0.2) is 36.4 Å². The lowest BCUT2D eigenvalue weighted by Gasteiger charge is -2.13. The summed E-state index contributed by atoms with van der Waals surface area (Å²) in [5.74, 6) is 1.53. The first-order chi connectivity index (χ1) is 12.0. The number of phosphoric acid groups is 1. The Balaban J connectivity index is 1.73. The Kier molecular flexibility index (Phi) is 8.17. The van der Waals surface area contributed by atoms with Gasteiger partial charge in [0, 0.05) is 0 Å². The minimum Gasteiger partial charge on any atom is -0.494 e. The molecule has 0 aliphatic heterocycles. The Morgan fingerprint density at radius 1 is 1.20 bits per heavy atom. The molecule has 0 heterocycles. The fourth-order valence-corrected chi connectivity index (χ4v) is 3.65. The molecule has 2 atom stereocenters. The van der Waals surface area contributed by atoms with Crippen LogP contribution in [0.2, 0.25) is 0 Å². The minimum atomic E-state index is -4.36. The Morgan fingerprint density at radius 2 is 1.96 bits per heavy atom. The molecule has 1 aliphatic carbocycles. The molecule has 1 aromatic rings. The molecular formula is C19H29O5P. The van der Waals surface area contributed by atoms with Gasteiger partial charge < -0.3 is 14.5 Å². The molecule has 1 fully saturated rings. The van der Waals surface area contributed by atoms with Crippen LogP contribution in [-0.4, -0.2) is 23.0 Å². The van der Waals surface area contributed by atoms with Gasteiger partial charge in [0.15, 0.2) is 0 Å². The highest BCUT2D eigenvalue weighted by Crippen LogP contribution is 2.42. The van der Waals surface area contributed by atoms with E-state index in [2.05, 4.69) is 35.7 Å². The second kappa shape index (κ2) is 10.1. The Hall–Kier alpha value is -1.13. The van der Waals surface area contributed by atoms with E-state index in [0.29, 0.717) is 5.92 Å². The van der Waals surface area contributed by atoms with Crippen molar-refractivity contribution in [1.82, 2.24) is 0 Å². The normalized spacial score (nSPS) is 21.1. The number of benzene rings is 1. The molecule has 0 radical (unpaired) electrons. The number of hydrogen-bond acceptors (Lipinski definition) is 3. The van der Waals surface area contributed by atoms with E-state index in [1.165, 1.54) is 5.56 Å². The summed E-state index contributed by atoms with van der Waals surface area (Å²) in [5, 5.41) is 0. The number of allylic oxidation sites excluding steroid dienone is 2. The Morgan fingerprint density at radius 3 is 2.64 bits per heavy atom. The van der Waals surface area contributed by atoms with Crippen molar-refractivity contribution in [3.05, 3.63) is 42.0 Å². The number of ether oxygens (including phenoxy) is 1. The zero-order valence-electron chi connectivity index (χ0n) is 14.8. The van der Waals surface area contributed by atoms with Gasteiger partial charge >= 0.3 is 7.82 Å². The lowest BCUT2D eigenvalue weighted by Crippen LogP contribution is -2.05. The summed E-state index contributed by atoms with van der Waals surface area (Å²) in [7, 11) is -4.36. The third kappa shape index (κ3) is 7.74. The number of rotatable bonds is 10. The highest BCUT2D eigenvalue weighted by molar-refractivity contribution is 7.46. The maximum Gasteiger partial charge on any atom is 0.469 e. The molecule has 0 aromatic heterocycles. The molecule has 2 N–H and O–H groups in total. The maximum absolute atomic E-state index is 10.8. The standard InChI is InChI=1S/C19H29O5P/c1-2-3-4-5-6-13-23-19-11-9-17(10-12-19)18-8-7-16(14-18)15-24-25(20,21)22/h3-4,9-12,16,18H,2,5-8,13-15H2,1H3,(H2,20,21,22)/b4-3-/t16-,18+/m0/s1. The lowest BCUT2D eigenvalue weighted by atomic mass is 9.96. The van der Waals surface area contributed by atoms with Crippen LogP contribution in [0.1, 0.15) is 56.9 Å².